The van der Waals surface area contributed by atoms with Gasteiger partial charge >= 0.3 is 0 Å². The Hall–Kier alpha value is -6.14. The molecule has 0 fully saturated rings. The summed E-state index contributed by atoms with van der Waals surface area (Å²) in [6.07, 6.45) is 1.98. The first-order chi connectivity index (χ1) is 21.8. The Labute approximate surface area is 253 Å². The zero-order valence-electron chi connectivity index (χ0n) is 23.6. The molecule has 0 N–H and O–H groups in total. The number of ether oxygens (including phenoxy) is 1. The first-order valence-corrected chi connectivity index (χ1v) is 14.6. The highest BCUT2D eigenvalue weighted by atomic mass is 16.5. The van der Waals surface area contributed by atoms with Crippen LogP contribution in [0.3, 0.4) is 0 Å². The smallest absolute Gasteiger partial charge is 0.151 e. The Balaban J connectivity index is 1.02. The van der Waals surface area contributed by atoms with Crippen molar-refractivity contribution in [1.82, 2.24) is 19.6 Å². The van der Waals surface area contributed by atoms with Crippen LogP contribution >= 0.6 is 0 Å². The van der Waals surface area contributed by atoms with Crippen molar-refractivity contribution in [3.63, 3.8) is 0 Å². The molecule has 6 aromatic carbocycles. The Morgan fingerprint density at radius 2 is 1.00 bits per heavy atom. The molecule has 0 saturated carbocycles. The van der Waals surface area contributed by atoms with E-state index in [0.29, 0.717) is 0 Å². The van der Waals surface area contributed by atoms with E-state index < -0.39 is 0 Å². The lowest BCUT2D eigenvalue weighted by atomic mass is 10.1. The molecule has 2 aromatic heterocycles. The SMILES string of the molecule is c1ccc2c(c1)Oc1ccccc1N2c1ccc(-c2cn(-c3ccc(-n4c5ccccc5c5ccccc54)cc3)nn2)cc1. The zero-order chi connectivity index (χ0) is 29.0. The summed E-state index contributed by atoms with van der Waals surface area (Å²) in [6, 6.07) is 50.2. The number of hydrogen-bond acceptors (Lipinski definition) is 4. The van der Waals surface area contributed by atoms with Crippen molar-refractivity contribution in [2.45, 2.75) is 0 Å². The summed E-state index contributed by atoms with van der Waals surface area (Å²) in [4.78, 5) is 2.23. The monoisotopic (exact) mass is 567 g/mol. The zero-order valence-corrected chi connectivity index (χ0v) is 23.6. The molecule has 0 amide bonds. The van der Waals surface area contributed by atoms with E-state index in [2.05, 4.69) is 129 Å². The molecule has 208 valence electrons. The van der Waals surface area contributed by atoms with Gasteiger partial charge in [-0.2, -0.15) is 0 Å². The van der Waals surface area contributed by atoms with Gasteiger partial charge in [-0.25, -0.2) is 4.68 Å². The lowest BCUT2D eigenvalue weighted by Gasteiger charge is -2.32. The highest BCUT2D eigenvalue weighted by Gasteiger charge is 2.25. The van der Waals surface area contributed by atoms with E-state index in [1.165, 1.54) is 21.8 Å². The van der Waals surface area contributed by atoms with E-state index in [4.69, 9.17) is 4.74 Å². The second kappa shape index (κ2) is 9.71. The molecule has 6 heteroatoms. The normalized spacial score (nSPS) is 12.2. The molecule has 0 bridgehead atoms. The molecular weight excluding hydrogens is 542 g/mol. The maximum absolute atomic E-state index is 6.17. The molecular formula is C38H25N5O. The highest BCUT2D eigenvalue weighted by Crippen LogP contribution is 2.50. The molecule has 0 aliphatic carbocycles. The number of aromatic nitrogens is 4. The molecule has 0 unspecified atom stereocenters. The highest BCUT2D eigenvalue weighted by molar-refractivity contribution is 6.09. The predicted molar refractivity (Wildman–Crippen MR) is 176 cm³/mol. The van der Waals surface area contributed by atoms with Crippen molar-refractivity contribution < 1.29 is 4.74 Å². The van der Waals surface area contributed by atoms with Gasteiger partial charge in [-0.1, -0.05) is 78.0 Å². The van der Waals surface area contributed by atoms with Gasteiger partial charge in [-0.15, -0.1) is 5.10 Å². The van der Waals surface area contributed by atoms with Gasteiger partial charge in [0.1, 0.15) is 5.69 Å². The van der Waals surface area contributed by atoms with Crippen LogP contribution in [0.5, 0.6) is 11.5 Å². The maximum Gasteiger partial charge on any atom is 0.151 e. The van der Waals surface area contributed by atoms with Crippen molar-refractivity contribution in [3.05, 3.63) is 152 Å². The minimum absolute atomic E-state index is 0.811. The second-order valence-electron chi connectivity index (χ2n) is 10.9. The van der Waals surface area contributed by atoms with Gasteiger partial charge in [-0.05, 0) is 72.8 Å². The first kappa shape index (κ1) is 24.5. The molecule has 6 nitrogen and oxygen atoms in total. The second-order valence-corrected chi connectivity index (χ2v) is 10.9. The fourth-order valence-corrected chi connectivity index (χ4v) is 6.24. The van der Waals surface area contributed by atoms with Crippen molar-refractivity contribution in [1.29, 1.82) is 0 Å². The fraction of sp³-hybridized carbons (Fsp3) is 0. The minimum Gasteiger partial charge on any atom is -0.453 e. The van der Waals surface area contributed by atoms with Crippen LogP contribution in [0.2, 0.25) is 0 Å². The Kier molecular flexibility index (Phi) is 5.40. The summed E-state index contributed by atoms with van der Waals surface area (Å²) in [6.45, 7) is 0. The Bertz CT molecular complexity index is 2220. The van der Waals surface area contributed by atoms with E-state index in [0.717, 1.165) is 51.2 Å². The van der Waals surface area contributed by atoms with Gasteiger partial charge in [0, 0.05) is 27.7 Å². The van der Waals surface area contributed by atoms with Gasteiger partial charge in [-0.3, -0.25) is 0 Å². The van der Waals surface area contributed by atoms with Crippen molar-refractivity contribution in [2.24, 2.45) is 0 Å². The summed E-state index contributed by atoms with van der Waals surface area (Å²) in [5.41, 5.74) is 9.31. The molecule has 3 heterocycles. The largest absolute Gasteiger partial charge is 0.453 e. The standard InChI is InChI=1S/C38H25N5O/c1-3-11-33-30(9-1)31-10-2-4-12-34(31)42(33)29-23-21-27(22-24-29)41-25-32(39-40-41)26-17-19-28(20-18-26)43-35-13-5-7-15-37(35)44-38-16-8-6-14-36(38)43/h1-25H. The average molecular weight is 568 g/mol. The molecule has 1 aliphatic rings. The van der Waals surface area contributed by atoms with Crippen LogP contribution in [-0.2, 0) is 0 Å². The quantitative estimate of drug-likeness (QED) is 0.212. The minimum atomic E-state index is 0.811. The molecule has 1 aliphatic heterocycles. The van der Waals surface area contributed by atoms with Gasteiger partial charge in [0.2, 0.25) is 0 Å². The first-order valence-electron chi connectivity index (χ1n) is 14.6. The molecule has 8 aromatic rings. The predicted octanol–water partition coefficient (Wildman–Crippen LogP) is 9.61. The topological polar surface area (TPSA) is 48.1 Å². The van der Waals surface area contributed by atoms with Gasteiger partial charge in [0.05, 0.1) is 34.3 Å². The third kappa shape index (κ3) is 3.82. The molecule has 0 spiro atoms. The fourth-order valence-electron chi connectivity index (χ4n) is 6.24. The summed E-state index contributed by atoms with van der Waals surface area (Å²) in [5, 5.41) is 11.5. The summed E-state index contributed by atoms with van der Waals surface area (Å²) < 4.78 is 10.3. The lowest BCUT2D eigenvalue weighted by molar-refractivity contribution is 0.477. The van der Waals surface area contributed by atoms with E-state index in [1.807, 2.05) is 47.3 Å². The van der Waals surface area contributed by atoms with E-state index in [-0.39, 0.29) is 0 Å². The van der Waals surface area contributed by atoms with Crippen LogP contribution in [0.25, 0.3) is 44.4 Å². The molecule has 0 saturated heterocycles. The van der Waals surface area contributed by atoms with Crippen LogP contribution in [0.4, 0.5) is 17.1 Å². The van der Waals surface area contributed by atoms with Crippen LogP contribution in [0.1, 0.15) is 0 Å². The molecule has 44 heavy (non-hydrogen) atoms. The molecule has 0 radical (unpaired) electrons. The lowest BCUT2D eigenvalue weighted by Crippen LogP contribution is -2.15. The Morgan fingerprint density at radius 1 is 0.477 bits per heavy atom. The summed E-state index contributed by atoms with van der Waals surface area (Å²) >= 11 is 0. The summed E-state index contributed by atoms with van der Waals surface area (Å²) in [5.74, 6) is 1.67. The number of nitrogens with zero attached hydrogens (tertiary/aromatic N) is 5. The van der Waals surface area contributed by atoms with Crippen LogP contribution in [-0.4, -0.2) is 19.6 Å². The maximum atomic E-state index is 6.17. The number of fused-ring (bicyclic) bond motifs is 5. The Morgan fingerprint density at radius 3 is 1.64 bits per heavy atom. The number of para-hydroxylation sites is 6. The van der Waals surface area contributed by atoms with Crippen LogP contribution in [0.15, 0.2) is 152 Å². The third-order valence-corrected chi connectivity index (χ3v) is 8.30. The number of hydrogen-bond donors (Lipinski definition) is 0. The third-order valence-electron chi connectivity index (χ3n) is 8.30. The average Bonchev–Trinajstić information content (AvgIpc) is 3.71. The van der Waals surface area contributed by atoms with Gasteiger partial charge in [0.25, 0.3) is 0 Å². The van der Waals surface area contributed by atoms with Crippen molar-refractivity contribution >= 4 is 38.9 Å². The van der Waals surface area contributed by atoms with Gasteiger partial charge in [0.15, 0.2) is 11.5 Å². The molecule has 0 atom stereocenters. The number of benzene rings is 6. The van der Waals surface area contributed by atoms with Crippen LogP contribution in [0, 0.1) is 0 Å². The van der Waals surface area contributed by atoms with E-state index in [9.17, 15) is 0 Å². The van der Waals surface area contributed by atoms with Crippen LogP contribution < -0.4 is 9.64 Å². The molecule has 9 rings (SSSR count). The van der Waals surface area contributed by atoms with Crippen molar-refractivity contribution in [2.75, 3.05) is 4.90 Å². The van der Waals surface area contributed by atoms with Crippen molar-refractivity contribution in [3.8, 4) is 34.1 Å². The number of anilines is 3. The van der Waals surface area contributed by atoms with E-state index >= 15 is 0 Å². The van der Waals surface area contributed by atoms with Gasteiger partial charge < -0.3 is 14.2 Å². The number of rotatable bonds is 4. The summed E-state index contributed by atoms with van der Waals surface area (Å²) in [7, 11) is 0. The van der Waals surface area contributed by atoms with E-state index in [1.54, 1.807) is 0 Å².